The molecule has 0 fully saturated rings. The van der Waals surface area contributed by atoms with E-state index in [1.807, 2.05) is 61.5 Å². The lowest BCUT2D eigenvalue weighted by molar-refractivity contribution is 0.622. The van der Waals surface area contributed by atoms with E-state index in [2.05, 4.69) is 79.2 Å². The van der Waals surface area contributed by atoms with Gasteiger partial charge in [0.05, 0.1) is 16.4 Å². The molecule has 0 spiro atoms. The molecule has 40 heavy (non-hydrogen) atoms. The summed E-state index contributed by atoms with van der Waals surface area (Å²) in [6.07, 6.45) is 10.9. The molecule has 0 aliphatic heterocycles. The van der Waals surface area contributed by atoms with Crippen LogP contribution in [0.2, 0.25) is 0 Å². The number of nitrogens with zero attached hydrogens (tertiary/aromatic N) is 2. The van der Waals surface area contributed by atoms with Gasteiger partial charge in [0.15, 0.2) is 5.82 Å². The summed E-state index contributed by atoms with van der Waals surface area (Å²) in [7, 11) is 0. The number of nitrogens with one attached hydrogen (secondary N) is 3. The average Bonchev–Trinajstić information content (AvgIpc) is 3.52. The van der Waals surface area contributed by atoms with Gasteiger partial charge in [0.1, 0.15) is 5.69 Å². The van der Waals surface area contributed by atoms with Crippen molar-refractivity contribution >= 4 is 29.4 Å². The van der Waals surface area contributed by atoms with Gasteiger partial charge in [-0.25, -0.2) is 4.98 Å². The molecule has 5 N–H and O–H groups in total. The fourth-order valence-electron chi connectivity index (χ4n) is 4.59. The van der Waals surface area contributed by atoms with Crippen LogP contribution in [0.1, 0.15) is 34.1 Å². The number of aromatic nitrogens is 4. The van der Waals surface area contributed by atoms with Crippen LogP contribution in [0.3, 0.4) is 0 Å². The zero-order valence-corrected chi connectivity index (χ0v) is 23.8. The number of fused-ring (bicyclic) bond motifs is 1. The number of benzene rings is 2. The van der Waals surface area contributed by atoms with Crippen LogP contribution in [0, 0.1) is 5.92 Å². The maximum absolute atomic E-state index is 6.02. The Kier molecular flexibility index (Phi) is 8.70. The van der Waals surface area contributed by atoms with Crippen molar-refractivity contribution < 1.29 is 0 Å². The average molecular weight is 531 g/mol. The summed E-state index contributed by atoms with van der Waals surface area (Å²) in [5.41, 5.74) is 15.3. The summed E-state index contributed by atoms with van der Waals surface area (Å²) in [6, 6.07) is 13.9. The first-order valence-corrected chi connectivity index (χ1v) is 13.4. The van der Waals surface area contributed by atoms with Crippen LogP contribution in [0.25, 0.3) is 46.3 Å². The summed E-state index contributed by atoms with van der Waals surface area (Å²) >= 11 is 0. The third-order valence-corrected chi connectivity index (χ3v) is 6.61. The van der Waals surface area contributed by atoms with E-state index in [0.717, 1.165) is 61.7 Å². The summed E-state index contributed by atoms with van der Waals surface area (Å²) < 4.78 is 0. The Morgan fingerprint density at radius 3 is 2.65 bits per heavy atom. The van der Waals surface area contributed by atoms with Gasteiger partial charge in [0.2, 0.25) is 0 Å². The van der Waals surface area contributed by atoms with Crippen molar-refractivity contribution in [3.63, 3.8) is 0 Å². The first kappa shape index (κ1) is 28.2. The summed E-state index contributed by atoms with van der Waals surface area (Å²) in [6.45, 7) is 20.8. The molecule has 0 unspecified atom stereocenters. The zero-order chi connectivity index (χ0) is 28.8. The predicted molar refractivity (Wildman–Crippen MR) is 170 cm³/mol. The predicted octanol–water partition coefficient (Wildman–Crippen LogP) is 6.50. The van der Waals surface area contributed by atoms with Gasteiger partial charge in [-0.05, 0) is 79.3 Å². The van der Waals surface area contributed by atoms with Crippen LogP contribution in [0.15, 0.2) is 102 Å². The monoisotopic (exact) mass is 530 g/mol. The number of H-pyrrole nitrogens is 2. The van der Waals surface area contributed by atoms with E-state index in [0.29, 0.717) is 23.1 Å². The minimum Gasteiger partial charge on any atom is -0.399 e. The molecule has 4 aromatic rings. The summed E-state index contributed by atoms with van der Waals surface area (Å²) in [5, 5.41) is 12.6. The molecular weight excluding hydrogens is 492 g/mol. The number of rotatable bonds is 10. The lowest BCUT2D eigenvalue weighted by Crippen LogP contribution is -2.21. The minimum absolute atomic E-state index is 0.532. The highest BCUT2D eigenvalue weighted by Crippen LogP contribution is 2.29. The molecule has 4 rings (SSSR count). The molecule has 0 aliphatic rings. The summed E-state index contributed by atoms with van der Waals surface area (Å²) in [5.74, 6) is 1.19. The van der Waals surface area contributed by atoms with Crippen LogP contribution in [0.4, 0.5) is 5.69 Å². The van der Waals surface area contributed by atoms with Crippen LogP contribution < -0.4 is 21.6 Å². The standard InChI is InChI=1S/C34H38N6/c1-8-25(20-28(9-2)36-23(6)18-21(3)4)22(5)16-17-30-24(7)32(40-39-30)34-37-31-15-11-14-29(33(31)38-34)26-12-10-13-27(35)19-26/h8-17,19-21,36,39H,2,6-7,18,35H2,1,3-5H3,(H,37,38)/b22-16+,25-8+,28-20+,30-17+. The Hall–Kier alpha value is -4.84. The molecule has 0 atom stereocenters. The molecule has 0 amide bonds. The molecule has 0 saturated carbocycles. The quantitative estimate of drug-likeness (QED) is 0.139. The maximum atomic E-state index is 6.02. The van der Waals surface area contributed by atoms with Gasteiger partial charge in [-0.3, -0.25) is 5.10 Å². The Bertz CT molecular complexity index is 1760. The van der Waals surface area contributed by atoms with Gasteiger partial charge >= 0.3 is 0 Å². The van der Waals surface area contributed by atoms with Gasteiger partial charge in [0, 0.05) is 27.9 Å². The second-order valence-electron chi connectivity index (χ2n) is 10.3. The zero-order valence-electron chi connectivity index (χ0n) is 23.8. The highest BCUT2D eigenvalue weighted by Gasteiger charge is 2.13. The van der Waals surface area contributed by atoms with Gasteiger partial charge in [-0.1, -0.05) is 70.0 Å². The molecule has 6 heteroatoms. The number of hydrogen-bond donors (Lipinski definition) is 4. The number of aromatic amines is 2. The topological polar surface area (TPSA) is 95.4 Å². The molecular formula is C34H38N6. The van der Waals surface area contributed by atoms with Crippen LogP contribution in [0.5, 0.6) is 0 Å². The Morgan fingerprint density at radius 2 is 1.95 bits per heavy atom. The first-order chi connectivity index (χ1) is 19.2. The SMILES string of the molecule is C=C\C(=C/C(=C\C)C(/C)=C/C=c1/[nH]nc(-c2nc3c(-c4cccc(N)c4)cccc3[nH]2)c1=C)NC(=C)CC(C)C. The number of hydrogen-bond acceptors (Lipinski definition) is 4. The maximum Gasteiger partial charge on any atom is 0.159 e. The van der Waals surface area contributed by atoms with Gasteiger partial charge in [-0.15, -0.1) is 0 Å². The number of nitrogens with two attached hydrogens (primary N) is 1. The number of nitrogen functional groups attached to an aromatic ring is 1. The van der Waals surface area contributed by atoms with E-state index in [4.69, 9.17) is 10.7 Å². The molecule has 2 aromatic carbocycles. The number of para-hydroxylation sites is 1. The Balaban J connectivity index is 1.63. The van der Waals surface area contributed by atoms with Crippen molar-refractivity contribution in [1.29, 1.82) is 0 Å². The molecule has 0 saturated heterocycles. The molecule has 6 nitrogen and oxygen atoms in total. The highest BCUT2D eigenvalue weighted by atomic mass is 15.1. The van der Waals surface area contributed by atoms with E-state index in [1.165, 1.54) is 0 Å². The van der Waals surface area contributed by atoms with E-state index in [1.54, 1.807) is 0 Å². The highest BCUT2D eigenvalue weighted by molar-refractivity contribution is 5.94. The summed E-state index contributed by atoms with van der Waals surface area (Å²) in [4.78, 5) is 8.30. The molecule has 0 aliphatic carbocycles. The molecule has 204 valence electrons. The van der Waals surface area contributed by atoms with Crippen LogP contribution >= 0.6 is 0 Å². The Morgan fingerprint density at radius 1 is 1.18 bits per heavy atom. The van der Waals surface area contributed by atoms with Crippen LogP contribution in [-0.4, -0.2) is 20.2 Å². The molecule has 0 bridgehead atoms. The second kappa shape index (κ2) is 12.3. The number of allylic oxidation sites excluding steroid dienone is 7. The normalized spacial score (nSPS) is 13.3. The largest absolute Gasteiger partial charge is 0.399 e. The molecule has 2 heterocycles. The van der Waals surface area contributed by atoms with E-state index >= 15 is 0 Å². The third kappa shape index (κ3) is 6.41. The van der Waals surface area contributed by atoms with Crippen molar-refractivity contribution in [1.82, 2.24) is 25.5 Å². The number of anilines is 1. The molecule has 0 radical (unpaired) electrons. The van der Waals surface area contributed by atoms with Crippen molar-refractivity contribution in [3.8, 4) is 22.6 Å². The van der Waals surface area contributed by atoms with Crippen molar-refractivity contribution in [3.05, 3.63) is 113 Å². The van der Waals surface area contributed by atoms with Crippen LogP contribution in [-0.2, 0) is 0 Å². The van der Waals surface area contributed by atoms with E-state index in [9.17, 15) is 0 Å². The van der Waals surface area contributed by atoms with Crippen molar-refractivity contribution in [2.75, 3.05) is 5.73 Å². The smallest absolute Gasteiger partial charge is 0.159 e. The van der Waals surface area contributed by atoms with Gasteiger partial charge in [-0.2, -0.15) is 5.10 Å². The fraction of sp³-hybridized carbons (Fsp3) is 0.176. The van der Waals surface area contributed by atoms with Gasteiger partial charge in [0.25, 0.3) is 0 Å². The molecule has 2 aromatic heterocycles. The van der Waals surface area contributed by atoms with Crippen molar-refractivity contribution in [2.24, 2.45) is 5.92 Å². The van der Waals surface area contributed by atoms with E-state index < -0.39 is 0 Å². The number of imidazole rings is 1. The van der Waals surface area contributed by atoms with E-state index in [-0.39, 0.29) is 0 Å². The third-order valence-electron chi connectivity index (χ3n) is 6.61. The van der Waals surface area contributed by atoms with Gasteiger partial charge < -0.3 is 16.0 Å². The first-order valence-electron chi connectivity index (χ1n) is 13.4. The fourth-order valence-corrected chi connectivity index (χ4v) is 4.59. The minimum atomic E-state index is 0.532. The lowest BCUT2D eigenvalue weighted by atomic mass is 10.0. The Labute approximate surface area is 236 Å². The van der Waals surface area contributed by atoms with Crippen molar-refractivity contribution in [2.45, 2.75) is 34.1 Å². The second-order valence-corrected chi connectivity index (χ2v) is 10.3. The lowest BCUT2D eigenvalue weighted by Gasteiger charge is -2.13.